The fourth-order valence-corrected chi connectivity index (χ4v) is 1.95. The van der Waals surface area contributed by atoms with Gasteiger partial charge in [0.15, 0.2) is 0 Å². The van der Waals surface area contributed by atoms with Crippen LogP contribution in [0.25, 0.3) is 0 Å². The first kappa shape index (κ1) is 7.10. The van der Waals surface area contributed by atoms with E-state index < -0.39 is 0 Å². The fraction of sp³-hybridized carbons (Fsp3) is 0.875. The van der Waals surface area contributed by atoms with E-state index in [2.05, 4.69) is 5.32 Å². The van der Waals surface area contributed by atoms with Crippen LogP contribution < -0.4 is 5.32 Å². The Hall–Kier alpha value is -0.570. The number of amides is 1. The summed E-state index contributed by atoms with van der Waals surface area (Å²) in [5, 5.41) is 3.17. The molecule has 3 nitrogen and oxygen atoms in total. The van der Waals surface area contributed by atoms with Crippen molar-refractivity contribution in [2.75, 3.05) is 26.2 Å². The largest absolute Gasteiger partial charge is 0.342 e. The maximum absolute atomic E-state index is 11.6. The first-order valence-corrected chi connectivity index (χ1v) is 4.29. The minimum Gasteiger partial charge on any atom is -0.342 e. The van der Waals surface area contributed by atoms with E-state index in [-0.39, 0.29) is 5.41 Å². The van der Waals surface area contributed by atoms with E-state index in [1.165, 1.54) is 0 Å². The summed E-state index contributed by atoms with van der Waals surface area (Å²) < 4.78 is 0. The van der Waals surface area contributed by atoms with Crippen molar-refractivity contribution in [3.63, 3.8) is 0 Å². The van der Waals surface area contributed by atoms with Crippen LogP contribution in [0, 0.1) is 5.41 Å². The Morgan fingerprint density at radius 1 is 1.64 bits per heavy atom. The average Bonchev–Trinajstić information content (AvgIpc) is 2.25. The van der Waals surface area contributed by atoms with Gasteiger partial charge in [-0.25, -0.2) is 0 Å². The van der Waals surface area contributed by atoms with Gasteiger partial charge in [-0.2, -0.15) is 0 Å². The van der Waals surface area contributed by atoms with Crippen LogP contribution in [0.3, 0.4) is 0 Å². The van der Waals surface area contributed by atoms with Crippen LogP contribution in [-0.2, 0) is 4.79 Å². The van der Waals surface area contributed by atoms with Crippen molar-refractivity contribution in [2.45, 2.75) is 13.3 Å². The molecule has 0 saturated carbocycles. The molecule has 2 aliphatic rings. The fourth-order valence-electron chi connectivity index (χ4n) is 1.95. The molecule has 0 unspecified atom stereocenters. The number of nitrogens with one attached hydrogen (secondary N) is 1. The van der Waals surface area contributed by atoms with Gasteiger partial charge in [0.1, 0.15) is 0 Å². The minimum atomic E-state index is 0.0238. The molecule has 0 aromatic heterocycles. The van der Waals surface area contributed by atoms with Crippen LogP contribution in [-0.4, -0.2) is 37.0 Å². The van der Waals surface area contributed by atoms with Gasteiger partial charge in [-0.3, -0.25) is 4.79 Å². The van der Waals surface area contributed by atoms with Crippen LogP contribution in [0.15, 0.2) is 0 Å². The highest BCUT2D eigenvalue weighted by Crippen LogP contribution is 2.34. The molecule has 2 saturated heterocycles. The molecule has 0 radical (unpaired) electrons. The Balaban J connectivity index is 2.11. The summed E-state index contributed by atoms with van der Waals surface area (Å²) in [6.45, 7) is 5.70. The summed E-state index contributed by atoms with van der Waals surface area (Å²) in [6, 6.07) is 0. The van der Waals surface area contributed by atoms with Crippen molar-refractivity contribution in [3.8, 4) is 0 Å². The van der Waals surface area contributed by atoms with E-state index in [0.717, 1.165) is 32.6 Å². The lowest BCUT2D eigenvalue weighted by atomic mass is 9.80. The molecular weight excluding hydrogens is 140 g/mol. The summed E-state index contributed by atoms with van der Waals surface area (Å²) in [5.74, 6) is 0.374. The molecule has 0 atom stereocenters. The van der Waals surface area contributed by atoms with Gasteiger partial charge in [-0.05, 0) is 13.3 Å². The van der Waals surface area contributed by atoms with Crippen LogP contribution >= 0.6 is 0 Å². The maximum Gasteiger partial charge on any atom is 0.231 e. The molecule has 1 amide bonds. The number of carbonyl (C=O) groups is 1. The topological polar surface area (TPSA) is 32.3 Å². The molecule has 2 rings (SSSR count). The summed E-state index contributed by atoms with van der Waals surface area (Å²) >= 11 is 0. The first-order valence-electron chi connectivity index (χ1n) is 4.29. The van der Waals surface area contributed by atoms with E-state index in [9.17, 15) is 4.79 Å². The normalized spacial score (nSPS) is 27.7. The van der Waals surface area contributed by atoms with Gasteiger partial charge in [0.2, 0.25) is 5.91 Å². The molecule has 3 heteroatoms. The van der Waals surface area contributed by atoms with Gasteiger partial charge in [-0.1, -0.05) is 0 Å². The standard InChI is InChI=1S/C8H14N2O/c1-2-10-4-3-8(7(10)11)5-9-6-8/h9H,2-6H2,1H3. The quantitative estimate of drug-likeness (QED) is 0.568. The maximum atomic E-state index is 11.6. The van der Waals surface area contributed by atoms with E-state index in [1.807, 2.05) is 11.8 Å². The number of hydrogen-bond acceptors (Lipinski definition) is 2. The van der Waals surface area contributed by atoms with E-state index in [4.69, 9.17) is 0 Å². The average molecular weight is 154 g/mol. The third-order valence-electron chi connectivity index (χ3n) is 2.91. The molecule has 2 aliphatic heterocycles. The molecule has 11 heavy (non-hydrogen) atoms. The zero-order chi connectivity index (χ0) is 7.90. The van der Waals surface area contributed by atoms with Crippen molar-refractivity contribution < 1.29 is 4.79 Å². The zero-order valence-electron chi connectivity index (χ0n) is 6.89. The SMILES string of the molecule is CCN1CCC2(CNC2)C1=O. The molecule has 0 aromatic rings. The lowest BCUT2D eigenvalue weighted by Crippen LogP contribution is -2.57. The lowest BCUT2D eigenvalue weighted by molar-refractivity contribution is -0.138. The van der Waals surface area contributed by atoms with Crippen molar-refractivity contribution in [3.05, 3.63) is 0 Å². The Kier molecular flexibility index (Phi) is 1.42. The second kappa shape index (κ2) is 2.21. The molecule has 0 aromatic carbocycles. The van der Waals surface area contributed by atoms with Crippen LogP contribution in [0.1, 0.15) is 13.3 Å². The Morgan fingerprint density at radius 2 is 2.36 bits per heavy atom. The third-order valence-corrected chi connectivity index (χ3v) is 2.91. The van der Waals surface area contributed by atoms with Gasteiger partial charge in [0.25, 0.3) is 0 Å². The van der Waals surface area contributed by atoms with Crippen molar-refractivity contribution >= 4 is 5.91 Å². The number of nitrogens with zero attached hydrogens (tertiary/aromatic N) is 1. The number of carbonyl (C=O) groups excluding carboxylic acids is 1. The summed E-state index contributed by atoms with van der Waals surface area (Å²) in [6.07, 6.45) is 1.06. The third kappa shape index (κ3) is 0.805. The number of rotatable bonds is 1. The molecule has 1 spiro atoms. The number of hydrogen-bond donors (Lipinski definition) is 1. The molecule has 1 N–H and O–H groups in total. The molecule has 0 bridgehead atoms. The second-order valence-electron chi connectivity index (χ2n) is 3.52. The van der Waals surface area contributed by atoms with Gasteiger partial charge in [-0.15, -0.1) is 0 Å². The monoisotopic (exact) mass is 154 g/mol. The smallest absolute Gasteiger partial charge is 0.231 e. The van der Waals surface area contributed by atoms with Crippen molar-refractivity contribution in [1.82, 2.24) is 10.2 Å². The number of likely N-dealkylation sites (tertiary alicyclic amines) is 1. The van der Waals surface area contributed by atoms with Crippen molar-refractivity contribution in [1.29, 1.82) is 0 Å². The van der Waals surface area contributed by atoms with Gasteiger partial charge < -0.3 is 10.2 Å². The predicted octanol–water partition coefficient (Wildman–Crippen LogP) is -0.172. The second-order valence-corrected chi connectivity index (χ2v) is 3.52. The highest BCUT2D eigenvalue weighted by Gasteiger charge is 2.50. The highest BCUT2D eigenvalue weighted by molar-refractivity contribution is 5.86. The van der Waals surface area contributed by atoms with Crippen LogP contribution in [0.2, 0.25) is 0 Å². The van der Waals surface area contributed by atoms with E-state index >= 15 is 0 Å². The Morgan fingerprint density at radius 3 is 2.64 bits per heavy atom. The molecule has 0 aliphatic carbocycles. The molecule has 2 fully saturated rings. The summed E-state index contributed by atoms with van der Waals surface area (Å²) in [7, 11) is 0. The minimum absolute atomic E-state index is 0.0238. The van der Waals surface area contributed by atoms with Gasteiger partial charge >= 0.3 is 0 Å². The van der Waals surface area contributed by atoms with Crippen molar-refractivity contribution in [2.24, 2.45) is 5.41 Å². The van der Waals surface area contributed by atoms with Gasteiger partial charge in [0, 0.05) is 26.2 Å². The molecular formula is C8H14N2O. The summed E-state index contributed by atoms with van der Waals surface area (Å²) in [4.78, 5) is 13.6. The first-order chi connectivity index (χ1) is 5.28. The van der Waals surface area contributed by atoms with Crippen LogP contribution in [0.5, 0.6) is 0 Å². The molecule has 62 valence electrons. The Labute approximate surface area is 66.8 Å². The Bertz CT molecular complexity index is 187. The predicted molar refractivity (Wildman–Crippen MR) is 42.2 cm³/mol. The van der Waals surface area contributed by atoms with E-state index in [0.29, 0.717) is 5.91 Å². The zero-order valence-corrected chi connectivity index (χ0v) is 6.89. The summed E-state index contributed by atoms with van der Waals surface area (Å²) in [5.41, 5.74) is 0.0238. The molecule has 2 heterocycles. The van der Waals surface area contributed by atoms with Gasteiger partial charge in [0.05, 0.1) is 5.41 Å². The van der Waals surface area contributed by atoms with Crippen LogP contribution in [0.4, 0.5) is 0 Å². The van der Waals surface area contributed by atoms with E-state index in [1.54, 1.807) is 0 Å². The lowest BCUT2D eigenvalue weighted by Gasteiger charge is -2.37. The highest BCUT2D eigenvalue weighted by atomic mass is 16.2.